The Balaban J connectivity index is 2.05. The Morgan fingerprint density at radius 1 is 1.28 bits per heavy atom. The Bertz CT molecular complexity index is 593. The summed E-state index contributed by atoms with van der Waals surface area (Å²) < 4.78 is 1.27. The molecule has 1 aromatic carbocycles. The number of hydrogen-bond acceptors (Lipinski definition) is 2. The van der Waals surface area contributed by atoms with Crippen LogP contribution in [0.2, 0.25) is 0 Å². The van der Waals surface area contributed by atoms with Crippen LogP contribution in [0.5, 0.6) is 0 Å². The average molecular weight is 368 g/mol. The van der Waals surface area contributed by atoms with Gasteiger partial charge in [0.25, 0.3) is 0 Å². The summed E-state index contributed by atoms with van der Waals surface area (Å²) in [6.45, 7) is 2.20. The molecule has 18 heavy (non-hydrogen) atoms. The zero-order valence-electron chi connectivity index (χ0n) is 10.1. The average Bonchev–Trinajstić information content (AvgIpc) is 2.81. The summed E-state index contributed by atoms with van der Waals surface area (Å²) in [5.74, 6) is 0.384. The van der Waals surface area contributed by atoms with Crippen molar-refractivity contribution in [3.8, 4) is 10.4 Å². The van der Waals surface area contributed by atoms with Crippen LogP contribution in [0.1, 0.15) is 25.3 Å². The second-order valence-electron chi connectivity index (χ2n) is 5.12. The van der Waals surface area contributed by atoms with Gasteiger partial charge in [0.2, 0.25) is 0 Å². The van der Waals surface area contributed by atoms with Gasteiger partial charge in [-0.1, -0.05) is 19.1 Å². The maximum Gasteiger partial charge on any atom is 0.134 e. The number of benzene rings is 1. The quantitative estimate of drug-likeness (QED) is 0.706. The molecule has 0 spiro atoms. The lowest BCUT2D eigenvalue weighted by molar-refractivity contribution is -0.127. The minimum atomic E-state index is 0.0564. The van der Waals surface area contributed by atoms with Crippen molar-refractivity contribution in [1.82, 2.24) is 0 Å². The topological polar surface area (TPSA) is 17.1 Å². The molecule has 1 fully saturated rings. The van der Waals surface area contributed by atoms with Crippen LogP contribution in [-0.2, 0) is 10.2 Å². The Morgan fingerprint density at radius 2 is 2.06 bits per heavy atom. The summed E-state index contributed by atoms with van der Waals surface area (Å²) in [5, 5.41) is 2.10. The number of rotatable bonds is 2. The maximum atomic E-state index is 11.3. The van der Waals surface area contributed by atoms with E-state index in [2.05, 4.69) is 65.2 Å². The number of Topliss-reactive ketones (excluding diaryl/α,β-unsaturated/α-hetero) is 1. The van der Waals surface area contributed by atoms with Gasteiger partial charge in [-0.15, -0.1) is 11.3 Å². The van der Waals surface area contributed by atoms with Crippen LogP contribution in [-0.4, -0.2) is 5.78 Å². The molecular weight excluding hydrogens is 355 g/mol. The van der Waals surface area contributed by atoms with Gasteiger partial charge in [0.15, 0.2) is 0 Å². The minimum absolute atomic E-state index is 0.0564. The Morgan fingerprint density at radius 3 is 2.67 bits per heavy atom. The van der Waals surface area contributed by atoms with Gasteiger partial charge in [-0.25, -0.2) is 0 Å². The molecular formula is C15H13IOS. The lowest BCUT2D eigenvalue weighted by Crippen LogP contribution is -2.39. The lowest BCUT2D eigenvalue weighted by Gasteiger charge is -2.38. The summed E-state index contributed by atoms with van der Waals surface area (Å²) in [6.07, 6.45) is 1.38. The van der Waals surface area contributed by atoms with Crippen molar-refractivity contribution < 1.29 is 4.79 Å². The van der Waals surface area contributed by atoms with E-state index in [0.717, 1.165) is 0 Å². The zero-order valence-corrected chi connectivity index (χ0v) is 13.0. The molecule has 92 valence electrons. The van der Waals surface area contributed by atoms with Crippen LogP contribution in [0.3, 0.4) is 0 Å². The third-order valence-electron chi connectivity index (χ3n) is 3.60. The molecule has 3 rings (SSSR count). The Hall–Kier alpha value is -0.680. The predicted octanol–water partition coefficient (Wildman–Crippen LogP) is 4.64. The zero-order chi connectivity index (χ0) is 12.8. The summed E-state index contributed by atoms with van der Waals surface area (Å²) in [4.78, 5) is 12.6. The number of carbonyl (C=O) groups is 1. The molecule has 0 atom stereocenters. The van der Waals surface area contributed by atoms with Crippen molar-refractivity contribution in [2.75, 3.05) is 0 Å². The second kappa shape index (κ2) is 4.46. The van der Waals surface area contributed by atoms with E-state index in [-0.39, 0.29) is 5.41 Å². The first-order chi connectivity index (χ1) is 8.58. The van der Waals surface area contributed by atoms with Gasteiger partial charge in [0.05, 0.1) is 0 Å². The van der Waals surface area contributed by atoms with Crippen LogP contribution >= 0.6 is 33.9 Å². The van der Waals surface area contributed by atoms with Crippen LogP contribution in [0, 0.1) is 3.57 Å². The molecule has 0 aliphatic heterocycles. The normalized spacial score (nSPS) is 17.6. The van der Waals surface area contributed by atoms with E-state index in [4.69, 9.17) is 0 Å². The van der Waals surface area contributed by atoms with E-state index >= 15 is 0 Å². The molecule has 0 radical (unpaired) electrons. The smallest absolute Gasteiger partial charge is 0.134 e. The molecule has 2 aromatic rings. The molecule has 1 aliphatic rings. The molecule has 0 bridgehead atoms. The minimum Gasteiger partial charge on any atom is -0.300 e. The third-order valence-corrected chi connectivity index (χ3v) is 5.46. The summed E-state index contributed by atoms with van der Waals surface area (Å²) in [5.41, 5.74) is 2.65. The number of halogens is 1. The van der Waals surface area contributed by atoms with Crippen molar-refractivity contribution in [3.63, 3.8) is 0 Å². The van der Waals surface area contributed by atoms with Crippen molar-refractivity contribution >= 4 is 39.7 Å². The van der Waals surface area contributed by atoms with Gasteiger partial charge in [-0.3, -0.25) is 4.79 Å². The predicted molar refractivity (Wildman–Crippen MR) is 84.1 cm³/mol. The molecule has 1 aliphatic carbocycles. The van der Waals surface area contributed by atoms with Crippen LogP contribution in [0.25, 0.3) is 10.4 Å². The highest BCUT2D eigenvalue weighted by Crippen LogP contribution is 2.44. The standard InChI is InChI=1S/C15H13IOS/c1-15(8-11(17)9-15)12-7-10(4-5-13(12)16)14-3-2-6-18-14/h2-7H,8-9H2,1H3. The monoisotopic (exact) mass is 368 g/mol. The highest BCUT2D eigenvalue weighted by atomic mass is 127. The van der Waals surface area contributed by atoms with Gasteiger partial charge < -0.3 is 0 Å². The number of ketones is 1. The Labute approximate surface area is 124 Å². The van der Waals surface area contributed by atoms with Gasteiger partial charge in [-0.05, 0) is 57.3 Å². The summed E-state index contributed by atoms with van der Waals surface area (Å²) in [7, 11) is 0. The molecule has 0 amide bonds. The Kier molecular flexibility index (Phi) is 3.06. The van der Waals surface area contributed by atoms with Crippen LogP contribution < -0.4 is 0 Å². The molecule has 1 saturated carbocycles. The maximum absolute atomic E-state index is 11.3. The van der Waals surface area contributed by atoms with Gasteiger partial charge in [0.1, 0.15) is 5.78 Å². The van der Waals surface area contributed by atoms with E-state index in [1.807, 2.05) is 0 Å². The fourth-order valence-electron chi connectivity index (χ4n) is 2.59. The summed E-state index contributed by atoms with van der Waals surface area (Å²) >= 11 is 4.13. The van der Waals surface area contributed by atoms with E-state index in [1.165, 1.54) is 19.6 Å². The number of hydrogen-bond donors (Lipinski definition) is 0. The van der Waals surface area contributed by atoms with Crippen LogP contribution in [0.4, 0.5) is 0 Å². The molecule has 1 aromatic heterocycles. The van der Waals surface area contributed by atoms with Gasteiger partial charge in [0, 0.05) is 26.7 Å². The highest BCUT2D eigenvalue weighted by molar-refractivity contribution is 14.1. The fourth-order valence-corrected chi connectivity index (χ4v) is 4.30. The first kappa shape index (κ1) is 12.4. The summed E-state index contributed by atoms with van der Waals surface area (Å²) in [6, 6.07) is 10.8. The van der Waals surface area contributed by atoms with E-state index in [0.29, 0.717) is 18.6 Å². The van der Waals surface area contributed by atoms with Crippen molar-refractivity contribution in [3.05, 3.63) is 44.8 Å². The first-order valence-electron chi connectivity index (χ1n) is 5.94. The molecule has 1 nitrogen and oxygen atoms in total. The molecule has 3 heteroatoms. The molecule has 1 heterocycles. The fraction of sp³-hybridized carbons (Fsp3) is 0.267. The van der Waals surface area contributed by atoms with E-state index in [1.54, 1.807) is 11.3 Å². The highest BCUT2D eigenvalue weighted by Gasteiger charge is 2.41. The second-order valence-corrected chi connectivity index (χ2v) is 7.23. The molecule has 0 saturated heterocycles. The van der Waals surface area contributed by atoms with E-state index in [9.17, 15) is 4.79 Å². The first-order valence-corrected chi connectivity index (χ1v) is 7.90. The van der Waals surface area contributed by atoms with Gasteiger partial charge >= 0.3 is 0 Å². The van der Waals surface area contributed by atoms with Crippen molar-refractivity contribution in [2.45, 2.75) is 25.2 Å². The van der Waals surface area contributed by atoms with Crippen molar-refractivity contribution in [1.29, 1.82) is 0 Å². The number of thiophene rings is 1. The van der Waals surface area contributed by atoms with Crippen molar-refractivity contribution in [2.24, 2.45) is 0 Å². The molecule has 0 unspecified atom stereocenters. The largest absolute Gasteiger partial charge is 0.300 e. The SMILES string of the molecule is CC1(c2cc(-c3cccs3)ccc2I)CC(=O)C1. The van der Waals surface area contributed by atoms with Gasteiger partial charge in [-0.2, -0.15) is 0 Å². The molecule has 0 N–H and O–H groups in total. The van der Waals surface area contributed by atoms with Crippen LogP contribution in [0.15, 0.2) is 35.7 Å². The number of carbonyl (C=O) groups excluding carboxylic acids is 1. The lowest BCUT2D eigenvalue weighted by atomic mass is 9.65. The van der Waals surface area contributed by atoms with E-state index < -0.39 is 0 Å². The third kappa shape index (κ3) is 2.03.